The van der Waals surface area contributed by atoms with Crippen molar-refractivity contribution < 1.29 is 28.2 Å². The SMILES string of the molecule is COc1cccc([C@@H]2O[C@@H](CC(=O)O)c3nnc(C(C)(F)F)n3-c3ccc(Br)cc32)c1Cl. The van der Waals surface area contributed by atoms with Crippen LogP contribution in [0, 0.1) is 0 Å². The Morgan fingerprint density at radius 1 is 1.31 bits per heavy atom. The van der Waals surface area contributed by atoms with Gasteiger partial charge in [0.05, 0.1) is 24.2 Å². The van der Waals surface area contributed by atoms with Crippen LogP contribution < -0.4 is 4.74 Å². The number of nitrogens with zero attached hydrogens (tertiary/aromatic N) is 3. The van der Waals surface area contributed by atoms with Gasteiger partial charge in [0.15, 0.2) is 5.82 Å². The molecule has 2 atom stereocenters. The second kappa shape index (κ2) is 8.42. The van der Waals surface area contributed by atoms with Gasteiger partial charge in [-0.3, -0.25) is 9.36 Å². The monoisotopic (exact) mass is 527 g/mol. The van der Waals surface area contributed by atoms with E-state index < -0.39 is 36.3 Å². The summed E-state index contributed by atoms with van der Waals surface area (Å²) in [5, 5.41) is 17.3. The first-order chi connectivity index (χ1) is 15.1. The van der Waals surface area contributed by atoms with E-state index in [0.29, 0.717) is 34.0 Å². The number of benzene rings is 2. The summed E-state index contributed by atoms with van der Waals surface area (Å²) in [7, 11) is 1.47. The van der Waals surface area contributed by atoms with E-state index in [1.807, 2.05) is 0 Å². The molecule has 0 saturated heterocycles. The van der Waals surface area contributed by atoms with Crippen LogP contribution in [0.1, 0.15) is 48.3 Å². The van der Waals surface area contributed by atoms with E-state index in [2.05, 4.69) is 26.1 Å². The number of aliphatic carboxylic acids is 1. The number of hydrogen-bond donors (Lipinski definition) is 1. The van der Waals surface area contributed by atoms with Gasteiger partial charge < -0.3 is 14.6 Å². The molecule has 0 amide bonds. The third-order valence-corrected chi connectivity index (χ3v) is 5.94. The maximum atomic E-state index is 14.4. The van der Waals surface area contributed by atoms with Crippen LogP contribution >= 0.6 is 27.5 Å². The van der Waals surface area contributed by atoms with Crippen LogP contribution in [0.15, 0.2) is 40.9 Å². The summed E-state index contributed by atoms with van der Waals surface area (Å²) in [5.41, 5.74) is 1.31. The van der Waals surface area contributed by atoms with Crippen molar-refractivity contribution in [3.63, 3.8) is 0 Å². The summed E-state index contributed by atoms with van der Waals surface area (Å²) in [6, 6.07) is 10.1. The second-order valence-corrected chi connectivity index (χ2v) is 8.57. The third kappa shape index (κ3) is 3.98. The molecule has 168 valence electrons. The molecule has 0 saturated carbocycles. The van der Waals surface area contributed by atoms with Crippen molar-refractivity contribution in [2.75, 3.05) is 7.11 Å². The highest BCUT2D eigenvalue weighted by molar-refractivity contribution is 9.10. The molecule has 2 aromatic carbocycles. The summed E-state index contributed by atoms with van der Waals surface area (Å²) >= 11 is 9.97. The number of ether oxygens (including phenoxy) is 2. The van der Waals surface area contributed by atoms with Crippen molar-refractivity contribution in [1.29, 1.82) is 0 Å². The van der Waals surface area contributed by atoms with E-state index in [4.69, 9.17) is 21.1 Å². The van der Waals surface area contributed by atoms with Gasteiger partial charge in [-0.05, 0) is 24.3 Å². The van der Waals surface area contributed by atoms with Gasteiger partial charge in [0, 0.05) is 22.5 Å². The van der Waals surface area contributed by atoms with Crippen molar-refractivity contribution in [2.24, 2.45) is 0 Å². The predicted molar refractivity (Wildman–Crippen MR) is 115 cm³/mol. The number of fused-ring (bicyclic) bond motifs is 3. The lowest BCUT2D eigenvalue weighted by Crippen LogP contribution is -2.18. The summed E-state index contributed by atoms with van der Waals surface area (Å²) in [6.45, 7) is 0.706. The molecule has 1 aromatic heterocycles. The maximum Gasteiger partial charge on any atom is 0.306 e. The van der Waals surface area contributed by atoms with Crippen molar-refractivity contribution in [3.8, 4) is 11.4 Å². The molecule has 0 radical (unpaired) electrons. The zero-order chi connectivity index (χ0) is 23.2. The molecule has 11 heteroatoms. The second-order valence-electron chi connectivity index (χ2n) is 7.27. The summed E-state index contributed by atoms with van der Waals surface area (Å²) in [5.74, 6) is -4.78. The highest BCUT2D eigenvalue weighted by Gasteiger charge is 2.40. The third-order valence-electron chi connectivity index (χ3n) is 5.04. The molecule has 32 heavy (non-hydrogen) atoms. The number of halogens is 4. The largest absolute Gasteiger partial charge is 0.495 e. The molecular formula is C21H17BrClF2N3O4. The van der Waals surface area contributed by atoms with Gasteiger partial charge in [-0.25, -0.2) is 0 Å². The summed E-state index contributed by atoms with van der Waals surface area (Å²) in [6.07, 6.45) is -2.58. The normalized spacial score (nSPS) is 17.9. The molecule has 0 spiro atoms. The summed E-state index contributed by atoms with van der Waals surface area (Å²) < 4.78 is 42.2. The van der Waals surface area contributed by atoms with Crippen molar-refractivity contribution >= 4 is 33.5 Å². The standard InChI is InChI=1S/C21H17BrClF2N3O4/c1-21(24,25)20-27-26-19-15(9-16(29)30)32-18(11-4-3-5-14(31-2)17(11)23)12-8-10(22)6-7-13(12)28(19)20/h3-8,15,18H,9H2,1-2H3,(H,29,30)/t15-,18-/m0/s1. The molecule has 1 N–H and O–H groups in total. The van der Waals surface area contributed by atoms with Crippen LogP contribution in [0.25, 0.3) is 5.69 Å². The first-order valence-electron chi connectivity index (χ1n) is 9.45. The van der Waals surface area contributed by atoms with Crippen LogP contribution in [-0.4, -0.2) is 33.0 Å². The Balaban J connectivity index is 2.03. The Labute approximate surface area is 195 Å². The van der Waals surface area contributed by atoms with Crippen LogP contribution in [0.5, 0.6) is 5.75 Å². The number of carbonyl (C=O) groups is 1. The van der Waals surface area contributed by atoms with Gasteiger partial charge in [-0.2, -0.15) is 8.78 Å². The van der Waals surface area contributed by atoms with Gasteiger partial charge in [0.1, 0.15) is 18.0 Å². The van der Waals surface area contributed by atoms with E-state index >= 15 is 0 Å². The Bertz CT molecular complexity index is 1200. The maximum absolute atomic E-state index is 14.4. The Kier molecular flexibility index (Phi) is 5.95. The molecule has 1 aliphatic heterocycles. The average Bonchev–Trinajstić information content (AvgIpc) is 3.12. The first-order valence-corrected chi connectivity index (χ1v) is 10.6. The van der Waals surface area contributed by atoms with Crippen LogP contribution in [0.2, 0.25) is 5.02 Å². The van der Waals surface area contributed by atoms with Crippen LogP contribution in [0.4, 0.5) is 8.78 Å². The molecule has 0 aliphatic carbocycles. The summed E-state index contributed by atoms with van der Waals surface area (Å²) in [4.78, 5) is 11.6. The lowest BCUT2D eigenvalue weighted by molar-refractivity contribution is -0.141. The first kappa shape index (κ1) is 22.6. The Morgan fingerprint density at radius 2 is 2.06 bits per heavy atom. The van der Waals surface area contributed by atoms with Crippen LogP contribution in [-0.2, 0) is 15.5 Å². The number of methoxy groups -OCH3 is 1. The van der Waals surface area contributed by atoms with E-state index in [1.54, 1.807) is 36.4 Å². The molecule has 1 aliphatic rings. The molecule has 4 rings (SSSR count). The lowest BCUT2D eigenvalue weighted by Gasteiger charge is -2.23. The minimum Gasteiger partial charge on any atom is -0.495 e. The van der Waals surface area contributed by atoms with E-state index in [0.717, 1.165) is 0 Å². The topological polar surface area (TPSA) is 86.5 Å². The van der Waals surface area contributed by atoms with Crippen molar-refractivity contribution in [2.45, 2.75) is 31.5 Å². The zero-order valence-electron chi connectivity index (χ0n) is 16.9. The molecule has 3 aromatic rings. The number of hydrogen-bond acceptors (Lipinski definition) is 5. The molecule has 0 bridgehead atoms. The number of carboxylic acid groups (broad SMARTS) is 1. The van der Waals surface area contributed by atoms with Crippen LogP contribution in [0.3, 0.4) is 0 Å². The minimum atomic E-state index is -3.34. The number of rotatable bonds is 5. The van der Waals surface area contributed by atoms with Gasteiger partial charge in [-0.15, -0.1) is 10.2 Å². The highest BCUT2D eigenvalue weighted by atomic mass is 79.9. The lowest BCUT2D eigenvalue weighted by atomic mass is 9.99. The molecule has 7 nitrogen and oxygen atoms in total. The smallest absolute Gasteiger partial charge is 0.306 e. The fourth-order valence-corrected chi connectivity index (χ4v) is 4.37. The molecule has 0 unspecified atom stereocenters. The number of carboxylic acids is 1. The number of alkyl halides is 2. The van der Waals surface area contributed by atoms with Gasteiger partial charge in [0.25, 0.3) is 0 Å². The van der Waals surface area contributed by atoms with E-state index in [9.17, 15) is 18.7 Å². The Morgan fingerprint density at radius 3 is 2.72 bits per heavy atom. The fourth-order valence-electron chi connectivity index (χ4n) is 3.69. The van der Waals surface area contributed by atoms with E-state index in [-0.39, 0.29) is 10.8 Å². The molecule has 0 fully saturated rings. The predicted octanol–water partition coefficient (Wildman–Crippen LogP) is 5.44. The Hall–Kier alpha value is -2.56. The highest BCUT2D eigenvalue weighted by Crippen LogP contribution is 2.46. The van der Waals surface area contributed by atoms with Crippen molar-refractivity contribution in [1.82, 2.24) is 14.8 Å². The van der Waals surface area contributed by atoms with Gasteiger partial charge >= 0.3 is 11.9 Å². The minimum absolute atomic E-state index is 0.0333. The molecular weight excluding hydrogens is 512 g/mol. The van der Waals surface area contributed by atoms with Gasteiger partial charge in [-0.1, -0.05) is 39.7 Å². The zero-order valence-corrected chi connectivity index (χ0v) is 19.2. The van der Waals surface area contributed by atoms with Gasteiger partial charge in [0.2, 0.25) is 5.82 Å². The fraction of sp³-hybridized carbons (Fsp3) is 0.286. The number of aromatic nitrogens is 3. The average molecular weight is 529 g/mol. The molecule has 2 heterocycles. The van der Waals surface area contributed by atoms with Crippen molar-refractivity contribution in [3.05, 3.63) is 68.7 Å². The quantitative estimate of drug-likeness (QED) is 0.475. The van der Waals surface area contributed by atoms with E-state index in [1.165, 1.54) is 11.7 Å².